The Balaban J connectivity index is 1.66. The minimum atomic E-state index is 0.872. The molecule has 29 heavy (non-hydrogen) atoms. The molecule has 0 fully saturated rings. The van der Waals surface area contributed by atoms with Gasteiger partial charge in [-0.15, -0.1) is 11.8 Å². The van der Waals surface area contributed by atoms with E-state index in [1.165, 1.54) is 16.0 Å². The Morgan fingerprint density at radius 1 is 0.931 bits per heavy atom. The highest BCUT2D eigenvalue weighted by molar-refractivity contribution is 8.14. The van der Waals surface area contributed by atoms with Crippen LogP contribution in [0.4, 0.5) is 5.69 Å². The van der Waals surface area contributed by atoms with Crippen molar-refractivity contribution in [2.24, 2.45) is 4.99 Å². The first kappa shape index (κ1) is 21.3. The van der Waals surface area contributed by atoms with Gasteiger partial charge in [0.25, 0.3) is 0 Å². The Hall–Kier alpha value is -2.43. The van der Waals surface area contributed by atoms with Crippen LogP contribution in [0.1, 0.15) is 11.1 Å². The second kappa shape index (κ2) is 11.5. The summed E-state index contributed by atoms with van der Waals surface area (Å²) in [5.74, 6) is 1.86. The fourth-order valence-electron chi connectivity index (χ4n) is 2.61. The summed E-state index contributed by atoms with van der Waals surface area (Å²) in [6, 6.07) is 27.0. The Morgan fingerprint density at radius 3 is 2.34 bits per heavy atom. The molecule has 3 aromatic rings. The Labute approximate surface area is 182 Å². The molecule has 148 valence electrons. The number of hydrogen-bond acceptors (Lipinski definition) is 4. The molecule has 0 saturated heterocycles. The van der Waals surface area contributed by atoms with Gasteiger partial charge in [0.15, 0.2) is 0 Å². The molecule has 0 N–H and O–H groups in total. The normalized spacial score (nSPS) is 11.7. The van der Waals surface area contributed by atoms with Crippen LogP contribution in [0.5, 0.6) is 5.75 Å². The summed E-state index contributed by atoms with van der Waals surface area (Å²) in [4.78, 5) is 6.02. The number of ether oxygens (including phenoxy) is 1. The van der Waals surface area contributed by atoms with E-state index in [1.54, 1.807) is 30.6 Å². The van der Waals surface area contributed by atoms with Crippen molar-refractivity contribution in [1.29, 1.82) is 0 Å². The number of nitrogens with zero attached hydrogens (tertiary/aromatic N) is 1. The molecule has 0 heterocycles. The summed E-state index contributed by atoms with van der Waals surface area (Å²) in [5, 5.41) is 3.12. The summed E-state index contributed by atoms with van der Waals surface area (Å²) in [5.41, 5.74) is 3.58. The van der Waals surface area contributed by atoms with Gasteiger partial charge in [-0.05, 0) is 66.8 Å². The van der Waals surface area contributed by atoms with Crippen LogP contribution in [0.15, 0.2) is 100 Å². The average molecular weight is 420 g/mol. The van der Waals surface area contributed by atoms with Crippen molar-refractivity contribution in [2.75, 3.05) is 12.9 Å². The molecule has 0 aliphatic carbocycles. The smallest absolute Gasteiger partial charge is 0.118 e. The highest BCUT2D eigenvalue weighted by Crippen LogP contribution is 2.24. The summed E-state index contributed by atoms with van der Waals surface area (Å²) >= 11 is 3.47. The fraction of sp³-hybridized carbons (Fsp3) is 0.160. The van der Waals surface area contributed by atoms with Crippen molar-refractivity contribution in [3.63, 3.8) is 0 Å². The predicted molar refractivity (Wildman–Crippen MR) is 129 cm³/mol. The Kier molecular flexibility index (Phi) is 8.47. The van der Waals surface area contributed by atoms with E-state index in [4.69, 9.17) is 9.73 Å². The first-order valence-corrected chi connectivity index (χ1v) is 11.4. The topological polar surface area (TPSA) is 21.6 Å². The minimum Gasteiger partial charge on any atom is -0.497 e. The molecule has 0 aliphatic rings. The molecule has 0 aliphatic heterocycles. The SMILES string of the molecule is COc1ccc(SC=CC(=Nc2ccc(C)cc2)SCCc2ccccc2)cc1. The maximum Gasteiger partial charge on any atom is 0.118 e. The summed E-state index contributed by atoms with van der Waals surface area (Å²) in [6.07, 6.45) is 3.13. The number of aryl methyl sites for hydroxylation is 2. The standard InChI is InChI=1S/C25H25NOS2/c1-20-8-10-22(11-9-20)26-25(29-18-16-21-6-4-3-5-7-21)17-19-28-24-14-12-23(27-2)13-15-24/h3-15,17,19H,16,18H2,1-2H3. The van der Waals surface area contributed by atoms with Gasteiger partial charge in [0.1, 0.15) is 5.75 Å². The third-order valence-corrected chi connectivity index (χ3v) is 5.98. The monoisotopic (exact) mass is 419 g/mol. The van der Waals surface area contributed by atoms with Crippen LogP contribution in [-0.4, -0.2) is 17.9 Å². The zero-order valence-corrected chi connectivity index (χ0v) is 18.4. The van der Waals surface area contributed by atoms with E-state index < -0.39 is 0 Å². The number of methoxy groups -OCH3 is 1. The molecule has 4 heteroatoms. The highest BCUT2D eigenvalue weighted by Gasteiger charge is 2.00. The fourth-order valence-corrected chi connectivity index (χ4v) is 4.22. The largest absolute Gasteiger partial charge is 0.497 e. The van der Waals surface area contributed by atoms with Crippen LogP contribution in [-0.2, 0) is 6.42 Å². The quantitative estimate of drug-likeness (QED) is 0.217. The molecule has 0 radical (unpaired) electrons. The second-order valence-corrected chi connectivity index (χ2v) is 8.56. The lowest BCUT2D eigenvalue weighted by atomic mass is 10.2. The van der Waals surface area contributed by atoms with E-state index >= 15 is 0 Å². The van der Waals surface area contributed by atoms with Gasteiger partial charge in [-0.3, -0.25) is 0 Å². The van der Waals surface area contributed by atoms with Crippen molar-refractivity contribution in [3.05, 3.63) is 101 Å². The lowest BCUT2D eigenvalue weighted by molar-refractivity contribution is 0.414. The molecule has 0 unspecified atom stereocenters. The first-order chi connectivity index (χ1) is 14.2. The Bertz CT molecular complexity index is 933. The van der Waals surface area contributed by atoms with Gasteiger partial charge in [-0.2, -0.15) is 0 Å². The van der Waals surface area contributed by atoms with Crippen molar-refractivity contribution in [1.82, 2.24) is 0 Å². The number of rotatable bonds is 8. The van der Waals surface area contributed by atoms with Gasteiger partial charge >= 0.3 is 0 Å². The maximum absolute atomic E-state index is 5.22. The van der Waals surface area contributed by atoms with Crippen molar-refractivity contribution in [2.45, 2.75) is 18.2 Å². The molecule has 0 atom stereocenters. The molecule has 0 spiro atoms. The van der Waals surface area contributed by atoms with Crippen molar-refractivity contribution < 1.29 is 4.74 Å². The maximum atomic E-state index is 5.22. The van der Waals surface area contributed by atoms with Crippen LogP contribution < -0.4 is 4.74 Å². The van der Waals surface area contributed by atoms with Gasteiger partial charge in [0.2, 0.25) is 0 Å². The molecule has 0 amide bonds. The van der Waals surface area contributed by atoms with Gasteiger partial charge in [0.05, 0.1) is 17.8 Å². The summed E-state index contributed by atoms with van der Waals surface area (Å²) < 4.78 is 5.22. The van der Waals surface area contributed by atoms with Crippen LogP contribution in [0.3, 0.4) is 0 Å². The number of benzene rings is 3. The van der Waals surface area contributed by atoms with E-state index in [-0.39, 0.29) is 0 Å². The lowest BCUT2D eigenvalue weighted by Gasteiger charge is -2.04. The highest BCUT2D eigenvalue weighted by atomic mass is 32.2. The van der Waals surface area contributed by atoms with Crippen LogP contribution in [0, 0.1) is 6.92 Å². The average Bonchev–Trinajstić information content (AvgIpc) is 2.76. The van der Waals surface area contributed by atoms with E-state index in [0.717, 1.165) is 28.7 Å². The lowest BCUT2D eigenvalue weighted by Crippen LogP contribution is -1.93. The van der Waals surface area contributed by atoms with Gasteiger partial charge in [-0.25, -0.2) is 4.99 Å². The third-order valence-electron chi connectivity index (χ3n) is 4.23. The van der Waals surface area contributed by atoms with E-state index in [9.17, 15) is 0 Å². The Morgan fingerprint density at radius 2 is 1.66 bits per heavy atom. The number of hydrogen-bond donors (Lipinski definition) is 0. The van der Waals surface area contributed by atoms with Gasteiger partial charge in [0, 0.05) is 10.6 Å². The third kappa shape index (κ3) is 7.48. The molecule has 0 saturated carbocycles. The zero-order valence-electron chi connectivity index (χ0n) is 16.7. The zero-order chi connectivity index (χ0) is 20.3. The minimum absolute atomic E-state index is 0.872. The van der Waals surface area contributed by atoms with Gasteiger partial charge in [-0.1, -0.05) is 59.8 Å². The molecular weight excluding hydrogens is 394 g/mol. The molecule has 3 aromatic carbocycles. The second-order valence-electron chi connectivity index (χ2n) is 6.47. The van der Waals surface area contributed by atoms with Crippen LogP contribution in [0.25, 0.3) is 0 Å². The van der Waals surface area contributed by atoms with Crippen LogP contribution in [0.2, 0.25) is 0 Å². The number of aliphatic imine (C=N–C) groups is 1. The van der Waals surface area contributed by atoms with E-state index in [0.29, 0.717) is 0 Å². The van der Waals surface area contributed by atoms with E-state index in [1.807, 2.05) is 12.1 Å². The summed E-state index contributed by atoms with van der Waals surface area (Å²) in [6.45, 7) is 2.09. The number of thioether (sulfide) groups is 2. The van der Waals surface area contributed by atoms with Crippen LogP contribution >= 0.6 is 23.5 Å². The van der Waals surface area contributed by atoms with E-state index in [2.05, 4.69) is 85.1 Å². The molecular formula is C25H25NOS2. The predicted octanol–water partition coefficient (Wildman–Crippen LogP) is 7.32. The molecule has 0 bridgehead atoms. The van der Waals surface area contributed by atoms with Crippen molar-refractivity contribution in [3.8, 4) is 5.75 Å². The molecule has 3 rings (SSSR count). The molecule has 0 aromatic heterocycles. The first-order valence-electron chi connectivity index (χ1n) is 9.52. The molecule has 2 nitrogen and oxygen atoms in total. The van der Waals surface area contributed by atoms with Crippen molar-refractivity contribution >= 4 is 34.3 Å². The van der Waals surface area contributed by atoms with Gasteiger partial charge < -0.3 is 4.74 Å². The summed E-state index contributed by atoms with van der Waals surface area (Å²) in [7, 11) is 1.68.